The predicted octanol–water partition coefficient (Wildman–Crippen LogP) is 1.31. The van der Waals surface area contributed by atoms with E-state index in [1.165, 1.54) is 6.07 Å². The van der Waals surface area contributed by atoms with E-state index in [-0.39, 0.29) is 12.0 Å². The van der Waals surface area contributed by atoms with E-state index in [1.54, 1.807) is 13.2 Å². The van der Waals surface area contributed by atoms with Crippen LogP contribution in [0.1, 0.15) is 12.7 Å². The van der Waals surface area contributed by atoms with Crippen molar-refractivity contribution in [3.05, 3.63) is 28.0 Å². The fourth-order valence-electron chi connectivity index (χ4n) is 1.04. The number of rotatable bonds is 6. The first-order valence-electron chi connectivity index (χ1n) is 4.60. The third kappa shape index (κ3) is 3.69. The Bertz CT molecular complexity index is 324. The molecular formula is C9H14N2O4. The van der Waals surface area contributed by atoms with Gasteiger partial charge in [-0.05, 0) is 13.0 Å². The van der Waals surface area contributed by atoms with Crippen LogP contribution in [0.15, 0.2) is 16.5 Å². The fraction of sp³-hybridized carbons (Fsp3) is 0.556. The van der Waals surface area contributed by atoms with Crippen molar-refractivity contribution < 1.29 is 14.1 Å². The Labute approximate surface area is 87.4 Å². The molecule has 84 valence electrons. The van der Waals surface area contributed by atoms with Crippen molar-refractivity contribution in [2.45, 2.75) is 19.6 Å². The number of nitrogens with zero attached hydrogens (tertiary/aromatic N) is 1. The Morgan fingerprint density at radius 2 is 2.40 bits per heavy atom. The second-order valence-corrected chi connectivity index (χ2v) is 3.17. The van der Waals surface area contributed by atoms with Gasteiger partial charge in [0.2, 0.25) is 0 Å². The number of nitrogens with one attached hydrogen (secondary N) is 1. The van der Waals surface area contributed by atoms with Gasteiger partial charge < -0.3 is 14.5 Å². The van der Waals surface area contributed by atoms with Gasteiger partial charge in [-0.3, -0.25) is 10.1 Å². The van der Waals surface area contributed by atoms with Crippen LogP contribution >= 0.6 is 0 Å². The van der Waals surface area contributed by atoms with Gasteiger partial charge in [0, 0.05) is 13.7 Å². The van der Waals surface area contributed by atoms with Gasteiger partial charge in [0.15, 0.2) is 0 Å². The Kier molecular flexibility index (Phi) is 4.26. The molecule has 1 atom stereocenters. The lowest BCUT2D eigenvalue weighted by Gasteiger charge is -2.08. The third-order valence-electron chi connectivity index (χ3n) is 1.96. The van der Waals surface area contributed by atoms with Crippen molar-refractivity contribution in [1.82, 2.24) is 5.32 Å². The molecule has 0 saturated carbocycles. The van der Waals surface area contributed by atoms with Crippen molar-refractivity contribution in [3.63, 3.8) is 0 Å². The van der Waals surface area contributed by atoms with E-state index in [0.29, 0.717) is 18.8 Å². The van der Waals surface area contributed by atoms with E-state index < -0.39 is 4.92 Å². The molecule has 0 radical (unpaired) electrons. The summed E-state index contributed by atoms with van der Waals surface area (Å²) in [6, 6.07) is 2.93. The molecule has 0 bridgehead atoms. The summed E-state index contributed by atoms with van der Waals surface area (Å²) in [5.74, 6) is 0.316. The number of furan rings is 1. The molecule has 0 aliphatic heterocycles. The molecule has 1 heterocycles. The van der Waals surface area contributed by atoms with E-state index in [9.17, 15) is 10.1 Å². The van der Waals surface area contributed by atoms with Gasteiger partial charge >= 0.3 is 5.88 Å². The van der Waals surface area contributed by atoms with Gasteiger partial charge in [-0.15, -0.1) is 0 Å². The second-order valence-electron chi connectivity index (χ2n) is 3.17. The molecule has 0 amide bonds. The van der Waals surface area contributed by atoms with Crippen molar-refractivity contribution in [3.8, 4) is 0 Å². The SMILES string of the molecule is COC(C)CNCc1ccc([N+](=O)[O-])o1. The van der Waals surface area contributed by atoms with Crippen LogP contribution in [0.5, 0.6) is 0 Å². The molecule has 0 aliphatic rings. The summed E-state index contributed by atoms with van der Waals surface area (Å²) < 4.78 is 9.99. The van der Waals surface area contributed by atoms with E-state index in [2.05, 4.69) is 5.32 Å². The topological polar surface area (TPSA) is 77.5 Å². The van der Waals surface area contributed by atoms with Gasteiger partial charge in [-0.25, -0.2) is 0 Å². The average Bonchev–Trinajstić information content (AvgIpc) is 2.66. The molecule has 15 heavy (non-hydrogen) atoms. The number of hydrogen-bond acceptors (Lipinski definition) is 5. The largest absolute Gasteiger partial charge is 0.433 e. The van der Waals surface area contributed by atoms with Crippen LogP contribution < -0.4 is 5.32 Å². The smallest absolute Gasteiger partial charge is 0.404 e. The van der Waals surface area contributed by atoms with E-state index in [1.807, 2.05) is 6.92 Å². The third-order valence-corrected chi connectivity index (χ3v) is 1.96. The Hall–Kier alpha value is -1.40. The summed E-state index contributed by atoms with van der Waals surface area (Å²) in [7, 11) is 1.63. The van der Waals surface area contributed by atoms with E-state index in [0.717, 1.165) is 0 Å². The lowest BCUT2D eigenvalue weighted by molar-refractivity contribution is -0.402. The van der Waals surface area contributed by atoms with Crippen LogP contribution in [-0.2, 0) is 11.3 Å². The molecule has 1 aromatic rings. The molecule has 6 heteroatoms. The fourth-order valence-corrected chi connectivity index (χ4v) is 1.04. The number of nitro groups is 1. The lowest BCUT2D eigenvalue weighted by Crippen LogP contribution is -2.25. The molecule has 6 nitrogen and oxygen atoms in total. The minimum absolute atomic E-state index is 0.106. The van der Waals surface area contributed by atoms with Gasteiger partial charge in [0.05, 0.1) is 18.7 Å². The number of methoxy groups -OCH3 is 1. The monoisotopic (exact) mass is 214 g/mol. The Balaban J connectivity index is 2.35. The quantitative estimate of drug-likeness (QED) is 0.570. The minimum Gasteiger partial charge on any atom is -0.404 e. The van der Waals surface area contributed by atoms with Gasteiger partial charge in [-0.1, -0.05) is 0 Å². The summed E-state index contributed by atoms with van der Waals surface area (Å²) >= 11 is 0. The zero-order valence-corrected chi connectivity index (χ0v) is 8.73. The van der Waals surface area contributed by atoms with E-state index in [4.69, 9.17) is 9.15 Å². The van der Waals surface area contributed by atoms with Crippen molar-refractivity contribution in [2.75, 3.05) is 13.7 Å². The summed E-state index contributed by atoms with van der Waals surface area (Å²) in [5.41, 5.74) is 0. The van der Waals surface area contributed by atoms with Crippen LogP contribution in [0.4, 0.5) is 5.88 Å². The van der Waals surface area contributed by atoms with Crippen LogP contribution in [0.25, 0.3) is 0 Å². The lowest BCUT2D eigenvalue weighted by atomic mass is 10.4. The average molecular weight is 214 g/mol. The molecule has 0 aromatic carbocycles. The van der Waals surface area contributed by atoms with Crippen LogP contribution in [-0.4, -0.2) is 24.7 Å². The van der Waals surface area contributed by atoms with Crippen LogP contribution in [0.3, 0.4) is 0 Å². The highest BCUT2D eigenvalue weighted by Crippen LogP contribution is 2.14. The van der Waals surface area contributed by atoms with Crippen molar-refractivity contribution in [2.24, 2.45) is 0 Å². The van der Waals surface area contributed by atoms with Gasteiger partial charge in [0.25, 0.3) is 0 Å². The molecule has 1 rings (SSSR count). The minimum atomic E-state index is -0.554. The summed E-state index contributed by atoms with van der Waals surface area (Å²) in [4.78, 5) is 9.76. The molecule has 1 unspecified atom stereocenters. The first-order valence-corrected chi connectivity index (χ1v) is 4.60. The zero-order valence-electron chi connectivity index (χ0n) is 8.73. The maximum atomic E-state index is 10.3. The highest BCUT2D eigenvalue weighted by Gasteiger charge is 2.11. The predicted molar refractivity (Wildman–Crippen MR) is 53.5 cm³/mol. The molecular weight excluding hydrogens is 200 g/mol. The summed E-state index contributed by atoms with van der Waals surface area (Å²) in [6.45, 7) is 3.06. The number of hydrogen-bond donors (Lipinski definition) is 1. The first kappa shape index (κ1) is 11.7. The zero-order chi connectivity index (χ0) is 11.3. The molecule has 1 N–H and O–H groups in total. The van der Waals surface area contributed by atoms with Crippen LogP contribution in [0.2, 0.25) is 0 Å². The maximum Gasteiger partial charge on any atom is 0.433 e. The Morgan fingerprint density at radius 3 is 2.93 bits per heavy atom. The van der Waals surface area contributed by atoms with Crippen LogP contribution in [0, 0.1) is 10.1 Å². The molecule has 0 aliphatic carbocycles. The molecule has 0 fully saturated rings. The maximum absolute atomic E-state index is 10.3. The Morgan fingerprint density at radius 1 is 1.67 bits per heavy atom. The first-order chi connectivity index (χ1) is 7.13. The highest BCUT2D eigenvalue weighted by molar-refractivity contribution is 5.17. The van der Waals surface area contributed by atoms with Gasteiger partial charge in [0.1, 0.15) is 10.7 Å². The molecule has 1 aromatic heterocycles. The standard InChI is InChI=1S/C9H14N2O4/c1-7(14-2)5-10-6-8-3-4-9(15-8)11(12)13/h3-4,7,10H,5-6H2,1-2H3. The molecule has 0 spiro atoms. The van der Waals surface area contributed by atoms with E-state index >= 15 is 0 Å². The van der Waals surface area contributed by atoms with Crippen molar-refractivity contribution >= 4 is 5.88 Å². The summed E-state index contributed by atoms with van der Waals surface area (Å²) in [6.07, 6.45) is 0.106. The summed E-state index contributed by atoms with van der Waals surface area (Å²) in [5, 5.41) is 13.4. The number of ether oxygens (including phenoxy) is 1. The second kappa shape index (κ2) is 5.47. The van der Waals surface area contributed by atoms with Gasteiger partial charge in [-0.2, -0.15) is 0 Å². The van der Waals surface area contributed by atoms with Crippen molar-refractivity contribution in [1.29, 1.82) is 0 Å². The molecule has 0 saturated heterocycles. The highest BCUT2D eigenvalue weighted by atomic mass is 16.6. The normalized spacial score (nSPS) is 12.7.